The Morgan fingerprint density at radius 1 is 1.38 bits per heavy atom. The zero-order chi connectivity index (χ0) is 17.1. The van der Waals surface area contributed by atoms with E-state index in [1.807, 2.05) is 25.2 Å². The normalized spacial score (nSPS) is 17.8. The van der Waals surface area contributed by atoms with Gasteiger partial charge in [-0.2, -0.15) is 0 Å². The van der Waals surface area contributed by atoms with Crippen molar-refractivity contribution in [1.82, 2.24) is 15.4 Å². The highest BCUT2D eigenvalue weighted by molar-refractivity contribution is 5.82. The van der Waals surface area contributed by atoms with E-state index in [2.05, 4.69) is 41.4 Å². The summed E-state index contributed by atoms with van der Waals surface area (Å²) in [4.78, 5) is 14.7. The molecule has 0 spiro atoms. The summed E-state index contributed by atoms with van der Waals surface area (Å²) >= 11 is 0. The molecule has 2 aromatic rings. The molecule has 1 aliphatic heterocycles. The van der Waals surface area contributed by atoms with Gasteiger partial charge >= 0.3 is 0 Å². The summed E-state index contributed by atoms with van der Waals surface area (Å²) in [7, 11) is 2.00. The van der Waals surface area contributed by atoms with E-state index >= 15 is 0 Å². The standard InChI is InChI=1S/C19H25N3O2/c1-13(2)8-16-10-17(24-21-16)11-20-19(23)18-9-14-6-4-5-7-15(14)12-22(18)3/h4-7,10,13,18H,8-9,11-12H2,1-3H3,(H,20,23). The molecule has 1 N–H and O–H groups in total. The lowest BCUT2D eigenvalue weighted by Gasteiger charge is -2.32. The Kier molecular flexibility index (Phi) is 5.00. The summed E-state index contributed by atoms with van der Waals surface area (Å²) in [5.74, 6) is 1.28. The van der Waals surface area contributed by atoms with Crippen molar-refractivity contribution in [2.75, 3.05) is 7.05 Å². The lowest BCUT2D eigenvalue weighted by molar-refractivity contribution is -0.126. The number of amides is 1. The molecule has 0 fully saturated rings. The number of hydrogen-bond donors (Lipinski definition) is 1. The van der Waals surface area contributed by atoms with Gasteiger partial charge in [-0.15, -0.1) is 0 Å². The van der Waals surface area contributed by atoms with Gasteiger partial charge in [0.25, 0.3) is 0 Å². The quantitative estimate of drug-likeness (QED) is 0.917. The predicted octanol–water partition coefficient (Wildman–Crippen LogP) is 2.55. The molecule has 0 bridgehead atoms. The smallest absolute Gasteiger partial charge is 0.238 e. The van der Waals surface area contributed by atoms with Gasteiger partial charge in [0.1, 0.15) is 0 Å². The number of carbonyl (C=O) groups excluding carboxylic acids is 1. The van der Waals surface area contributed by atoms with Crippen molar-refractivity contribution in [2.45, 2.75) is 45.8 Å². The van der Waals surface area contributed by atoms with Gasteiger partial charge in [-0.3, -0.25) is 9.69 Å². The van der Waals surface area contributed by atoms with Crippen LogP contribution < -0.4 is 5.32 Å². The molecule has 1 unspecified atom stereocenters. The van der Waals surface area contributed by atoms with E-state index in [4.69, 9.17) is 4.52 Å². The van der Waals surface area contributed by atoms with E-state index in [0.29, 0.717) is 18.2 Å². The van der Waals surface area contributed by atoms with Gasteiger partial charge in [0.15, 0.2) is 5.76 Å². The summed E-state index contributed by atoms with van der Waals surface area (Å²) in [6, 6.07) is 10.1. The van der Waals surface area contributed by atoms with Gasteiger partial charge in [0, 0.05) is 12.6 Å². The fourth-order valence-electron chi connectivity index (χ4n) is 3.19. The second-order valence-corrected chi connectivity index (χ2v) is 7.00. The second-order valence-electron chi connectivity index (χ2n) is 7.00. The molecule has 0 saturated carbocycles. The molecule has 128 valence electrons. The number of hydrogen-bond acceptors (Lipinski definition) is 4. The third kappa shape index (κ3) is 3.85. The number of nitrogens with zero attached hydrogens (tertiary/aromatic N) is 2. The van der Waals surface area contributed by atoms with Crippen LogP contribution in [0.5, 0.6) is 0 Å². The molecule has 0 aliphatic carbocycles. The summed E-state index contributed by atoms with van der Waals surface area (Å²) in [5.41, 5.74) is 3.50. The molecule has 1 aliphatic rings. The second kappa shape index (κ2) is 7.18. The predicted molar refractivity (Wildman–Crippen MR) is 92.3 cm³/mol. The van der Waals surface area contributed by atoms with Crippen LogP contribution in [-0.4, -0.2) is 29.1 Å². The van der Waals surface area contributed by atoms with E-state index in [1.54, 1.807) is 0 Å². The van der Waals surface area contributed by atoms with Gasteiger partial charge in [0.2, 0.25) is 5.91 Å². The van der Waals surface area contributed by atoms with Gasteiger partial charge in [-0.1, -0.05) is 43.3 Å². The van der Waals surface area contributed by atoms with Crippen LogP contribution >= 0.6 is 0 Å². The third-order valence-corrected chi connectivity index (χ3v) is 4.45. The SMILES string of the molecule is CC(C)Cc1cc(CNC(=O)C2Cc3ccccc3CN2C)on1. The van der Waals surface area contributed by atoms with Crippen molar-refractivity contribution in [3.8, 4) is 0 Å². The molecule has 0 radical (unpaired) electrons. The molecular weight excluding hydrogens is 302 g/mol. The van der Waals surface area contributed by atoms with Crippen molar-refractivity contribution < 1.29 is 9.32 Å². The molecule has 1 aromatic heterocycles. The number of fused-ring (bicyclic) bond motifs is 1. The molecule has 0 saturated heterocycles. The molecule has 1 amide bonds. The van der Waals surface area contributed by atoms with Gasteiger partial charge < -0.3 is 9.84 Å². The maximum atomic E-state index is 12.6. The average Bonchev–Trinajstić information content (AvgIpc) is 2.98. The Bertz CT molecular complexity index is 708. The van der Waals surface area contributed by atoms with Crippen LogP contribution in [0.3, 0.4) is 0 Å². The van der Waals surface area contributed by atoms with Crippen molar-refractivity contribution in [3.05, 3.63) is 52.9 Å². The fourth-order valence-corrected chi connectivity index (χ4v) is 3.19. The number of aromatic nitrogens is 1. The van der Waals surface area contributed by atoms with Crippen LogP contribution in [-0.2, 0) is 30.7 Å². The number of likely N-dealkylation sites (N-methyl/N-ethyl adjacent to an activating group) is 1. The van der Waals surface area contributed by atoms with Crippen LogP contribution in [0, 0.1) is 5.92 Å². The van der Waals surface area contributed by atoms with Crippen LogP contribution in [0.15, 0.2) is 34.9 Å². The minimum atomic E-state index is -0.141. The fraction of sp³-hybridized carbons (Fsp3) is 0.474. The van der Waals surface area contributed by atoms with E-state index in [-0.39, 0.29) is 11.9 Å². The molecule has 5 nitrogen and oxygen atoms in total. The largest absolute Gasteiger partial charge is 0.359 e. The Morgan fingerprint density at radius 3 is 2.88 bits per heavy atom. The molecule has 1 atom stereocenters. The maximum Gasteiger partial charge on any atom is 0.238 e. The minimum Gasteiger partial charge on any atom is -0.359 e. The van der Waals surface area contributed by atoms with Crippen molar-refractivity contribution in [3.63, 3.8) is 0 Å². The van der Waals surface area contributed by atoms with Gasteiger partial charge in [0.05, 0.1) is 18.3 Å². The Morgan fingerprint density at radius 2 is 2.12 bits per heavy atom. The average molecular weight is 327 g/mol. The number of nitrogens with one attached hydrogen (secondary N) is 1. The highest BCUT2D eigenvalue weighted by Gasteiger charge is 2.28. The van der Waals surface area contributed by atoms with Crippen LogP contribution in [0.4, 0.5) is 0 Å². The molecule has 24 heavy (non-hydrogen) atoms. The zero-order valence-electron chi connectivity index (χ0n) is 14.6. The Labute approximate surface area is 143 Å². The summed E-state index contributed by atoms with van der Waals surface area (Å²) in [6.45, 7) is 5.48. The van der Waals surface area contributed by atoms with Crippen molar-refractivity contribution >= 4 is 5.91 Å². The highest BCUT2D eigenvalue weighted by Crippen LogP contribution is 2.22. The van der Waals surface area contributed by atoms with Crippen LogP contribution in [0.2, 0.25) is 0 Å². The molecule has 2 heterocycles. The summed E-state index contributed by atoms with van der Waals surface area (Å²) in [5, 5.41) is 7.04. The monoisotopic (exact) mass is 327 g/mol. The molecule has 3 rings (SSSR count). The topological polar surface area (TPSA) is 58.4 Å². The van der Waals surface area contributed by atoms with Gasteiger partial charge in [-0.25, -0.2) is 0 Å². The van der Waals surface area contributed by atoms with E-state index in [0.717, 1.165) is 25.1 Å². The van der Waals surface area contributed by atoms with E-state index < -0.39 is 0 Å². The lowest BCUT2D eigenvalue weighted by Crippen LogP contribution is -2.48. The first-order valence-corrected chi connectivity index (χ1v) is 8.52. The molecule has 5 heteroatoms. The van der Waals surface area contributed by atoms with Crippen LogP contribution in [0.25, 0.3) is 0 Å². The first-order valence-electron chi connectivity index (χ1n) is 8.52. The highest BCUT2D eigenvalue weighted by atomic mass is 16.5. The van der Waals surface area contributed by atoms with E-state index in [1.165, 1.54) is 11.1 Å². The summed E-state index contributed by atoms with van der Waals surface area (Å²) in [6.07, 6.45) is 1.63. The van der Waals surface area contributed by atoms with E-state index in [9.17, 15) is 4.79 Å². The van der Waals surface area contributed by atoms with Crippen LogP contribution in [0.1, 0.15) is 36.4 Å². The van der Waals surface area contributed by atoms with Gasteiger partial charge in [-0.05, 0) is 36.9 Å². The number of rotatable bonds is 5. The number of benzene rings is 1. The summed E-state index contributed by atoms with van der Waals surface area (Å²) < 4.78 is 5.31. The first-order chi connectivity index (χ1) is 11.5. The zero-order valence-corrected chi connectivity index (χ0v) is 14.6. The minimum absolute atomic E-state index is 0.0359. The molecule has 1 aromatic carbocycles. The maximum absolute atomic E-state index is 12.6. The third-order valence-electron chi connectivity index (χ3n) is 4.45. The Balaban J connectivity index is 1.58. The Hall–Kier alpha value is -2.14. The first kappa shape index (κ1) is 16.7. The van der Waals surface area contributed by atoms with Crippen molar-refractivity contribution in [2.24, 2.45) is 5.92 Å². The van der Waals surface area contributed by atoms with Crippen molar-refractivity contribution in [1.29, 1.82) is 0 Å². The number of carbonyl (C=O) groups is 1. The lowest BCUT2D eigenvalue weighted by atomic mass is 9.94. The molecular formula is C19H25N3O2.